The third-order valence-electron chi connectivity index (χ3n) is 13.5. The molecule has 0 radical (unpaired) electrons. The molecular formula is C30H44O6. The van der Waals surface area contributed by atoms with Crippen LogP contribution < -0.4 is 0 Å². The molecule has 4 aliphatic heterocycles. The first-order chi connectivity index (χ1) is 16.9. The van der Waals surface area contributed by atoms with E-state index in [2.05, 4.69) is 34.6 Å². The summed E-state index contributed by atoms with van der Waals surface area (Å²) in [5.41, 5.74) is -0.327. The van der Waals surface area contributed by atoms with E-state index in [4.69, 9.17) is 23.7 Å². The topological polar surface area (TPSA) is 63.2 Å². The first-order valence-corrected chi connectivity index (χ1v) is 14.8. The van der Waals surface area contributed by atoms with E-state index in [-0.39, 0.29) is 47.0 Å². The van der Waals surface area contributed by atoms with E-state index in [1.54, 1.807) is 6.92 Å². The maximum Gasteiger partial charge on any atom is 0.302 e. The van der Waals surface area contributed by atoms with Crippen LogP contribution in [0.3, 0.4) is 0 Å². The molecule has 2 unspecified atom stereocenters. The van der Waals surface area contributed by atoms with Gasteiger partial charge in [0.1, 0.15) is 11.7 Å². The lowest BCUT2D eigenvalue weighted by atomic mass is 9.44. The lowest BCUT2D eigenvalue weighted by Crippen LogP contribution is -2.59. The Hall–Kier alpha value is -0.690. The standard InChI is InChI=1S/C30H44O6/c1-15-13-30(36-26(15,3)4)28(6)24-21(34-30)12-20-19-8-7-17-11-18(32-16(2)31)9-10-27(17,5)23(19)22-14-29(20,24)25(33-22)35-28/h15,17-25H,7-14H2,1-6H3/t15?,17-,18+,19-,20-,21-,22-,23+,24+,25?,27-,28+,29+,30+/m0/s1. The minimum Gasteiger partial charge on any atom is -0.463 e. The van der Waals surface area contributed by atoms with Crippen LogP contribution in [0.15, 0.2) is 0 Å². The average Bonchev–Trinajstić information content (AvgIpc) is 3.46. The van der Waals surface area contributed by atoms with Crippen LogP contribution >= 0.6 is 0 Å². The smallest absolute Gasteiger partial charge is 0.302 e. The molecule has 36 heavy (non-hydrogen) atoms. The number of carbonyl (C=O) groups excluding carboxylic acids is 1. The Bertz CT molecular complexity index is 1010. The van der Waals surface area contributed by atoms with Crippen molar-refractivity contribution in [2.75, 3.05) is 0 Å². The molecule has 4 heterocycles. The van der Waals surface area contributed by atoms with Crippen LogP contribution in [-0.2, 0) is 28.5 Å². The van der Waals surface area contributed by atoms with Gasteiger partial charge in [-0.3, -0.25) is 4.79 Å². The van der Waals surface area contributed by atoms with Gasteiger partial charge >= 0.3 is 5.97 Å². The predicted molar refractivity (Wildman–Crippen MR) is 131 cm³/mol. The lowest BCUT2D eigenvalue weighted by Gasteiger charge is -2.60. The molecule has 2 bridgehead atoms. The van der Waals surface area contributed by atoms with E-state index in [0.717, 1.165) is 38.5 Å². The summed E-state index contributed by atoms with van der Waals surface area (Å²) >= 11 is 0. The Morgan fingerprint density at radius 2 is 1.78 bits per heavy atom. The highest BCUT2D eigenvalue weighted by molar-refractivity contribution is 5.66. The molecule has 4 aliphatic carbocycles. The van der Waals surface area contributed by atoms with Crippen LogP contribution in [0.1, 0.15) is 92.9 Å². The number of hydrogen-bond donors (Lipinski definition) is 0. The van der Waals surface area contributed by atoms with Gasteiger partial charge in [-0.2, -0.15) is 0 Å². The number of carbonyl (C=O) groups is 1. The molecule has 8 aliphatic rings. The van der Waals surface area contributed by atoms with Crippen molar-refractivity contribution in [2.45, 2.75) is 135 Å². The number of rotatable bonds is 1. The van der Waals surface area contributed by atoms with Gasteiger partial charge in [0.25, 0.3) is 0 Å². The van der Waals surface area contributed by atoms with Gasteiger partial charge in [-0.25, -0.2) is 0 Å². The van der Waals surface area contributed by atoms with E-state index in [0.29, 0.717) is 35.5 Å². The van der Waals surface area contributed by atoms with E-state index in [1.165, 1.54) is 12.8 Å². The molecule has 0 aromatic carbocycles. The zero-order valence-corrected chi connectivity index (χ0v) is 22.9. The maximum absolute atomic E-state index is 11.6. The lowest BCUT2D eigenvalue weighted by molar-refractivity contribution is -0.319. The number of esters is 1. The summed E-state index contributed by atoms with van der Waals surface area (Å²) in [5.74, 6) is 2.46. The molecule has 6 heteroatoms. The van der Waals surface area contributed by atoms with E-state index < -0.39 is 11.4 Å². The van der Waals surface area contributed by atoms with Gasteiger partial charge in [-0.05, 0) is 101 Å². The molecule has 200 valence electrons. The largest absolute Gasteiger partial charge is 0.463 e. The average molecular weight is 501 g/mol. The van der Waals surface area contributed by atoms with Gasteiger partial charge in [-0.15, -0.1) is 0 Å². The summed E-state index contributed by atoms with van der Waals surface area (Å²) in [7, 11) is 0. The minimum atomic E-state index is -0.649. The van der Waals surface area contributed by atoms with Crippen LogP contribution in [0.4, 0.5) is 0 Å². The van der Waals surface area contributed by atoms with Gasteiger partial charge in [0.15, 0.2) is 12.1 Å². The number of ether oxygens (including phenoxy) is 5. The molecule has 8 fully saturated rings. The highest BCUT2D eigenvalue weighted by atomic mass is 16.8. The van der Waals surface area contributed by atoms with Crippen molar-refractivity contribution in [3.05, 3.63) is 0 Å². The summed E-state index contributed by atoms with van der Waals surface area (Å²) in [5, 5.41) is 0. The Morgan fingerprint density at radius 1 is 0.972 bits per heavy atom. The summed E-state index contributed by atoms with van der Waals surface area (Å²) in [6.45, 7) is 13.1. The summed E-state index contributed by atoms with van der Waals surface area (Å²) in [6, 6.07) is 0. The molecule has 8 rings (SSSR count). The Kier molecular flexibility index (Phi) is 4.33. The molecule has 14 atom stereocenters. The third kappa shape index (κ3) is 2.44. The second-order valence-electron chi connectivity index (χ2n) is 15.1. The highest BCUT2D eigenvalue weighted by Gasteiger charge is 2.86. The molecular weight excluding hydrogens is 456 g/mol. The van der Waals surface area contributed by atoms with Crippen LogP contribution in [0.25, 0.3) is 0 Å². The first-order valence-electron chi connectivity index (χ1n) is 14.8. The molecule has 4 saturated heterocycles. The Balaban J connectivity index is 1.13. The molecule has 2 spiro atoms. The summed E-state index contributed by atoms with van der Waals surface area (Å²) in [4.78, 5) is 11.6. The second-order valence-corrected chi connectivity index (χ2v) is 15.1. The zero-order chi connectivity index (χ0) is 25.0. The molecule has 0 aromatic rings. The number of fused-ring (bicyclic) bond motifs is 7. The third-order valence-corrected chi connectivity index (χ3v) is 13.5. The molecule has 6 nitrogen and oxygen atoms in total. The number of hydrogen-bond acceptors (Lipinski definition) is 6. The SMILES string of the molecule is CC(=O)O[C@@H]1CC[C@@]2(C)[C@@H](CC[C@@H]3[C@@H]2[C@@H]2C[C@]45C(O2)O[C@]2(C)[C@H]4[C@H](C[C@@H]35)O[C@@]23CC(C)C(C)(C)O3)C1. The van der Waals surface area contributed by atoms with Crippen molar-refractivity contribution in [2.24, 2.45) is 46.3 Å². The van der Waals surface area contributed by atoms with Crippen molar-refractivity contribution in [3.8, 4) is 0 Å². The normalized spacial score (nSPS) is 63.3. The summed E-state index contributed by atoms with van der Waals surface area (Å²) < 4.78 is 33.7. The van der Waals surface area contributed by atoms with Crippen LogP contribution in [0.5, 0.6) is 0 Å². The van der Waals surface area contributed by atoms with Crippen molar-refractivity contribution >= 4 is 5.97 Å². The van der Waals surface area contributed by atoms with Gasteiger partial charge in [-0.1, -0.05) is 13.8 Å². The quantitative estimate of drug-likeness (QED) is 0.460. The molecule has 0 N–H and O–H groups in total. The maximum atomic E-state index is 11.6. The monoisotopic (exact) mass is 500 g/mol. The van der Waals surface area contributed by atoms with Crippen LogP contribution in [-0.4, -0.2) is 47.6 Å². The van der Waals surface area contributed by atoms with Crippen molar-refractivity contribution in [1.29, 1.82) is 0 Å². The van der Waals surface area contributed by atoms with E-state index >= 15 is 0 Å². The molecule has 0 amide bonds. The summed E-state index contributed by atoms with van der Waals surface area (Å²) in [6.07, 6.45) is 9.23. The van der Waals surface area contributed by atoms with Crippen molar-refractivity contribution in [3.63, 3.8) is 0 Å². The Labute approximate surface area is 215 Å². The van der Waals surface area contributed by atoms with Gasteiger partial charge in [0.05, 0.1) is 17.8 Å². The fourth-order valence-corrected chi connectivity index (χ4v) is 11.9. The van der Waals surface area contributed by atoms with E-state index in [1.807, 2.05) is 0 Å². The molecule has 4 saturated carbocycles. The van der Waals surface area contributed by atoms with Crippen LogP contribution in [0.2, 0.25) is 0 Å². The van der Waals surface area contributed by atoms with Gasteiger partial charge in [0, 0.05) is 24.7 Å². The van der Waals surface area contributed by atoms with Gasteiger partial charge in [0.2, 0.25) is 0 Å². The minimum absolute atomic E-state index is 0.0756. The van der Waals surface area contributed by atoms with Crippen LogP contribution in [0, 0.1) is 46.3 Å². The van der Waals surface area contributed by atoms with Crippen molar-refractivity contribution in [1.82, 2.24) is 0 Å². The second kappa shape index (κ2) is 6.71. The molecule has 0 aromatic heterocycles. The van der Waals surface area contributed by atoms with Crippen molar-refractivity contribution < 1.29 is 28.5 Å². The fraction of sp³-hybridized carbons (Fsp3) is 0.967. The van der Waals surface area contributed by atoms with Gasteiger partial charge < -0.3 is 23.7 Å². The zero-order valence-electron chi connectivity index (χ0n) is 22.9. The van der Waals surface area contributed by atoms with E-state index in [9.17, 15) is 4.79 Å². The Morgan fingerprint density at radius 3 is 2.50 bits per heavy atom. The highest BCUT2D eigenvalue weighted by Crippen LogP contribution is 2.80. The fourth-order valence-electron chi connectivity index (χ4n) is 11.9. The first kappa shape index (κ1) is 23.2. The predicted octanol–water partition coefficient (Wildman–Crippen LogP) is 5.22.